The molecule has 0 atom stereocenters. The second-order valence-corrected chi connectivity index (χ2v) is 7.14. The average molecular weight is 527 g/mol. The number of likely N-dealkylation sites (N-methyl/N-ethyl adjacent to an activating group) is 1. The maximum absolute atomic E-state index is 13.1. The van der Waals surface area contributed by atoms with Gasteiger partial charge in [0.25, 0.3) is 5.91 Å². The maximum Gasteiger partial charge on any atom is 0.251 e. The van der Waals surface area contributed by atoms with Gasteiger partial charge in [0.05, 0.1) is 0 Å². The van der Waals surface area contributed by atoms with Crippen molar-refractivity contribution in [1.82, 2.24) is 20.4 Å². The van der Waals surface area contributed by atoms with E-state index in [9.17, 15) is 9.18 Å². The fraction of sp³-hybridized carbons (Fsp3) is 0.364. The number of rotatable bonds is 8. The van der Waals surface area contributed by atoms with Gasteiger partial charge in [0, 0.05) is 45.8 Å². The van der Waals surface area contributed by atoms with Crippen LogP contribution >= 0.6 is 24.0 Å². The molecule has 0 saturated carbocycles. The lowest BCUT2D eigenvalue weighted by Crippen LogP contribution is -2.38. The molecule has 6 nitrogen and oxygen atoms in total. The fourth-order valence-corrected chi connectivity index (χ4v) is 2.82. The van der Waals surface area contributed by atoms with Crippen molar-refractivity contribution in [3.8, 4) is 0 Å². The van der Waals surface area contributed by atoms with E-state index in [1.54, 1.807) is 19.2 Å². The molecule has 0 unspecified atom stereocenters. The van der Waals surface area contributed by atoms with E-state index in [4.69, 9.17) is 0 Å². The monoisotopic (exact) mass is 527 g/mol. The number of nitrogens with one attached hydrogen (secondary N) is 2. The Morgan fingerprint density at radius 2 is 1.73 bits per heavy atom. The molecule has 0 fully saturated rings. The van der Waals surface area contributed by atoms with Crippen LogP contribution in [0.25, 0.3) is 0 Å². The van der Waals surface area contributed by atoms with Gasteiger partial charge in [0.15, 0.2) is 5.96 Å². The van der Waals surface area contributed by atoms with E-state index in [1.807, 2.05) is 55.2 Å². The molecule has 0 heterocycles. The second kappa shape index (κ2) is 13.2. The lowest BCUT2D eigenvalue weighted by atomic mass is 10.1. The quantitative estimate of drug-likeness (QED) is 0.315. The molecule has 2 aromatic carbocycles. The number of aliphatic imine (C=N–C) groups is 1. The van der Waals surface area contributed by atoms with Crippen LogP contribution in [0.15, 0.2) is 53.5 Å². The van der Waals surface area contributed by atoms with Crippen molar-refractivity contribution >= 4 is 35.8 Å². The van der Waals surface area contributed by atoms with Gasteiger partial charge in [-0.2, -0.15) is 0 Å². The van der Waals surface area contributed by atoms with Gasteiger partial charge in [-0.1, -0.05) is 24.3 Å². The average Bonchev–Trinajstić information content (AvgIpc) is 2.70. The molecule has 0 radical (unpaired) electrons. The van der Waals surface area contributed by atoms with Crippen LogP contribution in [-0.2, 0) is 13.1 Å². The number of carbonyl (C=O) groups excluding carboxylic acids is 1. The Balaban J connectivity index is 0.00000450. The first-order valence-electron chi connectivity index (χ1n) is 9.57. The Hall–Kier alpha value is -2.20. The molecular formula is C22H31FIN5O. The normalized spacial score (nSPS) is 11.1. The Labute approximate surface area is 195 Å². The molecule has 30 heavy (non-hydrogen) atoms. The van der Waals surface area contributed by atoms with E-state index >= 15 is 0 Å². The molecule has 8 heteroatoms. The molecule has 0 aliphatic rings. The minimum absolute atomic E-state index is 0. The van der Waals surface area contributed by atoms with Crippen LogP contribution in [0.3, 0.4) is 0 Å². The number of benzene rings is 2. The summed E-state index contributed by atoms with van der Waals surface area (Å²) in [7, 11) is 7.59. The third-order valence-corrected chi connectivity index (χ3v) is 4.39. The summed E-state index contributed by atoms with van der Waals surface area (Å²) in [6.45, 7) is 2.55. The van der Waals surface area contributed by atoms with E-state index in [2.05, 4.69) is 15.6 Å². The standard InChI is InChI=1S/C22H30FN5O.HI/c1-24-22(28(4)16-17-8-10-20(23)11-9-17)26-15-18-6-5-7-19(14-18)21(29)25-12-13-27(2)3;/h5-11,14H,12-13,15-16H2,1-4H3,(H,24,26)(H,25,29);1H. The molecule has 0 spiro atoms. The SMILES string of the molecule is CN=C(NCc1cccc(C(=O)NCCN(C)C)c1)N(C)Cc1ccc(F)cc1.I. The van der Waals surface area contributed by atoms with Crippen LogP contribution in [0.4, 0.5) is 4.39 Å². The predicted octanol–water partition coefficient (Wildman–Crippen LogP) is 2.94. The van der Waals surface area contributed by atoms with Crippen LogP contribution < -0.4 is 10.6 Å². The van der Waals surface area contributed by atoms with E-state index in [0.29, 0.717) is 25.2 Å². The number of hydrogen-bond acceptors (Lipinski definition) is 3. The Kier molecular flexibility index (Phi) is 11.3. The van der Waals surface area contributed by atoms with E-state index < -0.39 is 0 Å². The summed E-state index contributed by atoms with van der Waals surface area (Å²) < 4.78 is 13.1. The first kappa shape index (κ1) is 25.8. The van der Waals surface area contributed by atoms with Gasteiger partial charge in [-0.15, -0.1) is 24.0 Å². The molecule has 0 saturated heterocycles. The number of guanidine groups is 1. The van der Waals surface area contributed by atoms with E-state index in [0.717, 1.165) is 23.6 Å². The van der Waals surface area contributed by atoms with Gasteiger partial charge in [-0.25, -0.2) is 4.39 Å². The van der Waals surface area contributed by atoms with Crippen LogP contribution in [0.1, 0.15) is 21.5 Å². The molecule has 0 bridgehead atoms. The minimum Gasteiger partial charge on any atom is -0.352 e. The van der Waals surface area contributed by atoms with Gasteiger partial charge < -0.3 is 20.4 Å². The molecule has 164 valence electrons. The van der Waals surface area contributed by atoms with Crippen molar-refractivity contribution in [2.75, 3.05) is 41.3 Å². The summed E-state index contributed by atoms with van der Waals surface area (Å²) in [4.78, 5) is 20.6. The number of amides is 1. The highest BCUT2D eigenvalue weighted by Crippen LogP contribution is 2.08. The smallest absolute Gasteiger partial charge is 0.251 e. The molecule has 2 rings (SSSR count). The van der Waals surface area contributed by atoms with Crippen molar-refractivity contribution in [3.63, 3.8) is 0 Å². The van der Waals surface area contributed by atoms with Crippen LogP contribution in [0, 0.1) is 5.82 Å². The van der Waals surface area contributed by atoms with Gasteiger partial charge >= 0.3 is 0 Å². The number of carbonyl (C=O) groups is 1. The third kappa shape index (κ3) is 8.66. The molecule has 0 aliphatic heterocycles. The topological polar surface area (TPSA) is 60.0 Å². The Morgan fingerprint density at radius 1 is 1.03 bits per heavy atom. The summed E-state index contributed by atoms with van der Waals surface area (Å²) in [5.41, 5.74) is 2.62. The van der Waals surface area contributed by atoms with Gasteiger partial charge in [0.2, 0.25) is 0 Å². The van der Waals surface area contributed by atoms with Crippen molar-refractivity contribution in [2.45, 2.75) is 13.1 Å². The minimum atomic E-state index is -0.246. The third-order valence-electron chi connectivity index (χ3n) is 4.39. The largest absolute Gasteiger partial charge is 0.352 e. The Bertz CT molecular complexity index is 827. The lowest BCUT2D eigenvalue weighted by molar-refractivity contribution is 0.0951. The summed E-state index contributed by atoms with van der Waals surface area (Å²) >= 11 is 0. The summed E-state index contributed by atoms with van der Waals surface area (Å²) in [5, 5.41) is 6.23. The van der Waals surface area contributed by atoms with Crippen LogP contribution in [0.2, 0.25) is 0 Å². The molecular weight excluding hydrogens is 496 g/mol. The van der Waals surface area contributed by atoms with Crippen molar-refractivity contribution in [3.05, 3.63) is 71.0 Å². The number of hydrogen-bond donors (Lipinski definition) is 2. The highest BCUT2D eigenvalue weighted by Gasteiger charge is 2.09. The zero-order valence-electron chi connectivity index (χ0n) is 18.0. The summed E-state index contributed by atoms with van der Waals surface area (Å²) in [6, 6.07) is 14.0. The molecule has 0 aliphatic carbocycles. The maximum atomic E-state index is 13.1. The first-order chi connectivity index (χ1) is 13.9. The highest BCUT2D eigenvalue weighted by atomic mass is 127. The second-order valence-electron chi connectivity index (χ2n) is 7.14. The Morgan fingerprint density at radius 3 is 2.37 bits per heavy atom. The summed E-state index contributed by atoms with van der Waals surface area (Å²) in [5.74, 6) is 0.395. The molecule has 2 aromatic rings. The lowest BCUT2D eigenvalue weighted by Gasteiger charge is -2.22. The zero-order chi connectivity index (χ0) is 21.2. The fourth-order valence-electron chi connectivity index (χ4n) is 2.82. The van der Waals surface area contributed by atoms with Gasteiger partial charge in [-0.3, -0.25) is 9.79 Å². The van der Waals surface area contributed by atoms with Crippen molar-refractivity contribution < 1.29 is 9.18 Å². The number of halogens is 2. The molecule has 2 N–H and O–H groups in total. The van der Waals surface area contributed by atoms with Crippen LogP contribution in [0.5, 0.6) is 0 Å². The molecule has 1 amide bonds. The van der Waals surface area contributed by atoms with Crippen LogP contribution in [-0.4, -0.2) is 62.9 Å². The van der Waals surface area contributed by atoms with Gasteiger partial charge in [-0.05, 0) is 49.5 Å². The highest BCUT2D eigenvalue weighted by molar-refractivity contribution is 14.0. The van der Waals surface area contributed by atoms with Crippen molar-refractivity contribution in [2.24, 2.45) is 4.99 Å². The predicted molar refractivity (Wildman–Crippen MR) is 131 cm³/mol. The zero-order valence-corrected chi connectivity index (χ0v) is 20.3. The molecule has 0 aromatic heterocycles. The van der Waals surface area contributed by atoms with E-state index in [-0.39, 0.29) is 35.7 Å². The van der Waals surface area contributed by atoms with Gasteiger partial charge in [0.1, 0.15) is 5.82 Å². The summed E-state index contributed by atoms with van der Waals surface area (Å²) in [6.07, 6.45) is 0. The van der Waals surface area contributed by atoms with E-state index in [1.165, 1.54) is 12.1 Å². The van der Waals surface area contributed by atoms with Crippen molar-refractivity contribution in [1.29, 1.82) is 0 Å². The first-order valence-corrected chi connectivity index (χ1v) is 9.57. The number of nitrogens with zero attached hydrogens (tertiary/aromatic N) is 3.